The van der Waals surface area contributed by atoms with Gasteiger partial charge in [0.05, 0.1) is 37.4 Å². The van der Waals surface area contributed by atoms with E-state index in [-0.39, 0.29) is 11.8 Å². The van der Waals surface area contributed by atoms with Crippen molar-refractivity contribution in [1.29, 1.82) is 0 Å². The maximum absolute atomic E-state index is 12.8. The zero-order chi connectivity index (χ0) is 20.2. The number of benzene rings is 1. The molecule has 0 spiro atoms. The number of imidazole rings is 1. The summed E-state index contributed by atoms with van der Waals surface area (Å²) in [6.45, 7) is 1.44. The quantitative estimate of drug-likeness (QED) is 0.669. The summed E-state index contributed by atoms with van der Waals surface area (Å²) in [6.07, 6.45) is 9.17. The molecular weight excluding hydrogens is 366 g/mol. The third-order valence-corrected chi connectivity index (χ3v) is 5.55. The second-order valence-electron chi connectivity index (χ2n) is 7.32. The summed E-state index contributed by atoms with van der Waals surface area (Å²) in [5.74, 6) is 1.18. The number of nitrogens with zero attached hydrogens (tertiary/aromatic N) is 5. The van der Waals surface area contributed by atoms with E-state index in [9.17, 15) is 4.79 Å². The molecule has 0 atom stereocenters. The predicted molar refractivity (Wildman–Crippen MR) is 109 cm³/mol. The third-order valence-electron chi connectivity index (χ3n) is 5.55. The van der Waals surface area contributed by atoms with Gasteiger partial charge in [-0.1, -0.05) is 18.2 Å². The standard InChI is InChI=1S/C22H25N5O2/c1-26-15-23-14-18(26)22-21(24-9-10-25-22)16-7-11-27(12-8-16)20(28)13-17-5-3-4-6-19(17)29-2/h3-6,9-10,14-16H,7-8,11-13H2,1-2H3. The lowest BCUT2D eigenvalue weighted by Crippen LogP contribution is -2.39. The molecule has 1 aliphatic heterocycles. The van der Waals surface area contributed by atoms with Gasteiger partial charge in [0.15, 0.2) is 0 Å². The Balaban J connectivity index is 1.44. The van der Waals surface area contributed by atoms with E-state index < -0.39 is 0 Å². The number of aromatic nitrogens is 4. The number of piperidine rings is 1. The van der Waals surface area contributed by atoms with Crippen LogP contribution in [0.15, 0.2) is 49.2 Å². The first-order valence-corrected chi connectivity index (χ1v) is 9.84. The van der Waals surface area contributed by atoms with Crippen LogP contribution in [0.25, 0.3) is 11.4 Å². The van der Waals surface area contributed by atoms with Crippen LogP contribution in [0.3, 0.4) is 0 Å². The fourth-order valence-electron chi connectivity index (χ4n) is 3.96. The molecule has 0 unspecified atom stereocenters. The molecule has 1 saturated heterocycles. The van der Waals surface area contributed by atoms with Gasteiger partial charge >= 0.3 is 0 Å². The van der Waals surface area contributed by atoms with Crippen LogP contribution in [0, 0.1) is 0 Å². The number of ether oxygens (including phenoxy) is 1. The van der Waals surface area contributed by atoms with Crippen LogP contribution in [0.1, 0.15) is 30.0 Å². The van der Waals surface area contributed by atoms with E-state index in [1.165, 1.54) is 0 Å². The van der Waals surface area contributed by atoms with Gasteiger partial charge in [-0.2, -0.15) is 0 Å². The van der Waals surface area contributed by atoms with Gasteiger partial charge in [-0.25, -0.2) is 4.98 Å². The Morgan fingerprint density at radius 1 is 1.17 bits per heavy atom. The average Bonchev–Trinajstić information content (AvgIpc) is 3.20. The normalized spacial score (nSPS) is 14.8. The third kappa shape index (κ3) is 3.99. The van der Waals surface area contributed by atoms with E-state index in [1.54, 1.807) is 25.8 Å². The minimum Gasteiger partial charge on any atom is -0.496 e. The summed E-state index contributed by atoms with van der Waals surface area (Å²) in [6, 6.07) is 7.69. The number of amides is 1. The monoisotopic (exact) mass is 391 g/mol. The van der Waals surface area contributed by atoms with E-state index in [1.807, 2.05) is 47.0 Å². The van der Waals surface area contributed by atoms with E-state index in [4.69, 9.17) is 4.74 Å². The lowest BCUT2D eigenvalue weighted by atomic mass is 9.91. The van der Waals surface area contributed by atoms with Crippen LogP contribution in [-0.4, -0.2) is 50.5 Å². The van der Waals surface area contributed by atoms with Gasteiger partial charge in [-0.3, -0.25) is 14.8 Å². The van der Waals surface area contributed by atoms with Gasteiger partial charge in [0.2, 0.25) is 5.91 Å². The highest BCUT2D eigenvalue weighted by Crippen LogP contribution is 2.32. The zero-order valence-electron chi connectivity index (χ0n) is 16.8. The van der Waals surface area contributed by atoms with Crippen LogP contribution in [0.4, 0.5) is 0 Å². The number of carbonyl (C=O) groups is 1. The molecule has 7 heteroatoms. The Bertz CT molecular complexity index is 992. The molecule has 4 rings (SSSR count). The van der Waals surface area contributed by atoms with Crippen molar-refractivity contribution in [1.82, 2.24) is 24.4 Å². The first kappa shape index (κ1) is 19.1. The number of hydrogen-bond donors (Lipinski definition) is 0. The molecule has 1 amide bonds. The highest BCUT2D eigenvalue weighted by Gasteiger charge is 2.27. The van der Waals surface area contributed by atoms with Crippen LogP contribution < -0.4 is 4.74 Å². The summed E-state index contributed by atoms with van der Waals surface area (Å²) in [7, 11) is 3.59. The minimum atomic E-state index is 0.138. The molecule has 1 aromatic carbocycles. The van der Waals surface area contributed by atoms with Crippen molar-refractivity contribution in [3.63, 3.8) is 0 Å². The Labute approximate surface area is 170 Å². The van der Waals surface area contributed by atoms with Gasteiger partial charge in [-0.15, -0.1) is 0 Å². The van der Waals surface area contributed by atoms with Gasteiger partial charge in [0.1, 0.15) is 11.4 Å². The van der Waals surface area contributed by atoms with Crippen molar-refractivity contribution in [2.45, 2.75) is 25.2 Å². The molecule has 0 radical (unpaired) electrons. The summed E-state index contributed by atoms with van der Waals surface area (Å²) in [4.78, 5) is 28.2. The molecule has 0 saturated carbocycles. The smallest absolute Gasteiger partial charge is 0.227 e. The predicted octanol–water partition coefficient (Wildman–Crippen LogP) is 2.83. The van der Waals surface area contributed by atoms with E-state index >= 15 is 0 Å². The van der Waals surface area contributed by atoms with Crippen molar-refractivity contribution >= 4 is 5.91 Å². The van der Waals surface area contributed by atoms with Crippen LogP contribution in [0.2, 0.25) is 0 Å². The van der Waals surface area contributed by atoms with Crippen molar-refractivity contribution in [3.05, 3.63) is 60.4 Å². The topological polar surface area (TPSA) is 73.1 Å². The molecule has 3 aromatic rings. The molecule has 150 valence electrons. The number of likely N-dealkylation sites (tertiary alicyclic amines) is 1. The van der Waals surface area contributed by atoms with Gasteiger partial charge in [-0.05, 0) is 18.9 Å². The van der Waals surface area contributed by atoms with Gasteiger partial charge < -0.3 is 14.2 Å². The summed E-state index contributed by atoms with van der Waals surface area (Å²) < 4.78 is 7.33. The second kappa shape index (κ2) is 8.43. The first-order valence-electron chi connectivity index (χ1n) is 9.84. The molecule has 29 heavy (non-hydrogen) atoms. The van der Waals surface area contributed by atoms with Gasteiger partial charge in [0, 0.05) is 44.0 Å². The number of carbonyl (C=O) groups excluding carboxylic acids is 1. The highest BCUT2D eigenvalue weighted by atomic mass is 16.5. The molecule has 1 aliphatic rings. The van der Waals surface area contributed by atoms with Crippen molar-refractivity contribution in [2.24, 2.45) is 7.05 Å². The number of aryl methyl sites for hydroxylation is 1. The Morgan fingerprint density at radius 2 is 1.93 bits per heavy atom. The van der Waals surface area contributed by atoms with Crippen LogP contribution >= 0.6 is 0 Å². The fraction of sp³-hybridized carbons (Fsp3) is 0.364. The molecule has 0 bridgehead atoms. The summed E-state index contributed by atoms with van der Waals surface area (Å²) >= 11 is 0. The zero-order valence-corrected chi connectivity index (χ0v) is 16.8. The number of methoxy groups -OCH3 is 1. The maximum atomic E-state index is 12.8. The van der Waals surface area contributed by atoms with Crippen LogP contribution in [0.5, 0.6) is 5.75 Å². The lowest BCUT2D eigenvalue weighted by Gasteiger charge is -2.32. The van der Waals surface area contributed by atoms with Crippen molar-refractivity contribution in [3.8, 4) is 17.1 Å². The minimum absolute atomic E-state index is 0.138. The van der Waals surface area contributed by atoms with E-state index in [0.29, 0.717) is 6.42 Å². The summed E-state index contributed by atoms with van der Waals surface area (Å²) in [5.41, 5.74) is 3.76. The Hall–Kier alpha value is -3.22. The van der Waals surface area contributed by atoms with Gasteiger partial charge in [0.25, 0.3) is 0 Å². The van der Waals surface area contributed by atoms with Crippen LogP contribution in [-0.2, 0) is 18.3 Å². The van der Waals surface area contributed by atoms with E-state index in [0.717, 1.165) is 54.3 Å². The molecule has 1 fully saturated rings. The Morgan fingerprint density at radius 3 is 2.66 bits per heavy atom. The SMILES string of the molecule is COc1ccccc1CC(=O)N1CCC(c2nccnc2-c2cncn2C)CC1. The lowest BCUT2D eigenvalue weighted by molar-refractivity contribution is -0.131. The Kier molecular flexibility index (Phi) is 5.55. The van der Waals surface area contributed by atoms with E-state index in [2.05, 4.69) is 15.0 Å². The fourth-order valence-corrected chi connectivity index (χ4v) is 3.96. The molecular formula is C22H25N5O2. The highest BCUT2D eigenvalue weighted by molar-refractivity contribution is 5.79. The largest absolute Gasteiger partial charge is 0.496 e. The first-order chi connectivity index (χ1) is 14.2. The molecule has 0 N–H and O–H groups in total. The molecule has 7 nitrogen and oxygen atoms in total. The molecule has 0 aliphatic carbocycles. The number of para-hydroxylation sites is 1. The number of rotatable bonds is 5. The maximum Gasteiger partial charge on any atom is 0.227 e. The molecule has 3 heterocycles. The number of hydrogen-bond acceptors (Lipinski definition) is 5. The van der Waals surface area contributed by atoms with Crippen molar-refractivity contribution in [2.75, 3.05) is 20.2 Å². The average molecular weight is 391 g/mol. The second-order valence-corrected chi connectivity index (χ2v) is 7.32. The molecule has 2 aromatic heterocycles. The van der Waals surface area contributed by atoms with Crippen molar-refractivity contribution < 1.29 is 9.53 Å². The summed E-state index contributed by atoms with van der Waals surface area (Å²) in [5, 5.41) is 0.